The van der Waals surface area contributed by atoms with Crippen molar-refractivity contribution in [3.8, 4) is 0 Å². The van der Waals surface area contributed by atoms with E-state index in [1.807, 2.05) is 13.8 Å². The smallest absolute Gasteiger partial charge is 0.257 e. The minimum Gasteiger partial charge on any atom is -0.387 e. The van der Waals surface area contributed by atoms with Gasteiger partial charge in [0.15, 0.2) is 0 Å². The summed E-state index contributed by atoms with van der Waals surface area (Å²) in [6.45, 7) is 6.46. The standard InChI is InChI=1S/C17H22FN3O2/c1-11(2)9-21(17(23)15-8-19-20-12(15)3)10-16(22)13-4-6-14(18)7-5-13/h4-8,11,16,22H,9-10H2,1-3H3,(H,19,20)/t16-/m1/s1. The molecule has 1 atom stereocenters. The van der Waals surface area contributed by atoms with Crippen LogP contribution in [-0.4, -0.2) is 39.2 Å². The fourth-order valence-corrected chi connectivity index (χ4v) is 2.42. The highest BCUT2D eigenvalue weighted by Crippen LogP contribution is 2.18. The fourth-order valence-electron chi connectivity index (χ4n) is 2.42. The summed E-state index contributed by atoms with van der Waals surface area (Å²) in [5.74, 6) is -0.275. The monoisotopic (exact) mass is 319 g/mol. The van der Waals surface area contributed by atoms with E-state index in [4.69, 9.17) is 0 Å². The molecule has 0 saturated carbocycles. The van der Waals surface area contributed by atoms with Gasteiger partial charge in [-0.3, -0.25) is 9.89 Å². The third-order valence-electron chi connectivity index (χ3n) is 3.58. The minimum absolute atomic E-state index is 0.146. The van der Waals surface area contributed by atoms with E-state index in [0.717, 1.165) is 0 Å². The zero-order chi connectivity index (χ0) is 17.0. The number of hydrogen-bond acceptors (Lipinski definition) is 3. The number of nitrogens with zero attached hydrogens (tertiary/aromatic N) is 2. The molecular formula is C17H22FN3O2. The molecule has 0 saturated heterocycles. The number of aliphatic hydroxyl groups excluding tert-OH is 1. The number of amides is 1. The van der Waals surface area contributed by atoms with E-state index in [2.05, 4.69) is 10.2 Å². The average Bonchev–Trinajstić information content (AvgIpc) is 2.92. The third-order valence-corrected chi connectivity index (χ3v) is 3.58. The molecule has 2 N–H and O–H groups in total. The number of aliphatic hydroxyl groups is 1. The molecule has 23 heavy (non-hydrogen) atoms. The Hall–Kier alpha value is -2.21. The molecule has 2 rings (SSSR count). The number of carbonyl (C=O) groups excluding carboxylic acids is 1. The van der Waals surface area contributed by atoms with Crippen molar-refractivity contribution in [2.75, 3.05) is 13.1 Å². The maximum absolute atomic E-state index is 13.0. The van der Waals surface area contributed by atoms with Gasteiger partial charge in [-0.2, -0.15) is 5.10 Å². The van der Waals surface area contributed by atoms with Crippen LogP contribution in [0.3, 0.4) is 0 Å². The van der Waals surface area contributed by atoms with E-state index in [1.165, 1.54) is 30.5 Å². The molecule has 1 amide bonds. The zero-order valence-electron chi connectivity index (χ0n) is 13.6. The maximum atomic E-state index is 13.0. The van der Waals surface area contributed by atoms with Gasteiger partial charge in [-0.15, -0.1) is 0 Å². The number of rotatable bonds is 6. The number of aromatic nitrogens is 2. The number of H-pyrrole nitrogens is 1. The Morgan fingerprint density at radius 1 is 1.30 bits per heavy atom. The largest absolute Gasteiger partial charge is 0.387 e. The van der Waals surface area contributed by atoms with Gasteiger partial charge < -0.3 is 10.0 Å². The summed E-state index contributed by atoms with van der Waals surface area (Å²) in [5, 5.41) is 17.0. The molecule has 1 aromatic heterocycles. The Morgan fingerprint density at radius 2 is 1.96 bits per heavy atom. The van der Waals surface area contributed by atoms with Crippen LogP contribution in [0.1, 0.15) is 41.6 Å². The summed E-state index contributed by atoms with van der Waals surface area (Å²) in [6.07, 6.45) is 0.625. The fraction of sp³-hybridized carbons (Fsp3) is 0.412. The predicted octanol–water partition coefficient (Wildman–Crippen LogP) is 2.69. The van der Waals surface area contributed by atoms with Gasteiger partial charge in [0.05, 0.1) is 24.4 Å². The molecule has 6 heteroatoms. The summed E-state index contributed by atoms with van der Waals surface area (Å²) < 4.78 is 13.0. The molecule has 0 unspecified atom stereocenters. The number of carbonyl (C=O) groups is 1. The quantitative estimate of drug-likeness (QED) is 0.860. The second-order valence-electron chi connectivity index (χ2n) is 6.08. The molecule has 0 radical (unpaired) electrons. The van der Waals surface area contributed by atoms with E-state index in [-0.39, 0.29) is 24.2 Å². The second kappa shape index (κ2) is 7.37. The molecule has 0 aliphatic heterocycles. The normalized spacial score (nSPS) is 12.4. The van der Waals surface area contributed by atoms with Crippen molar-refractivity contribution in [1.29, 1.82) is 0 Å². The Morgan fingerprint density at radius 3 is 2.48 bits per heavy atom. The van der Waals surface area contributed by atoms with Gasteiger partial charge in [-0.05, 0) is 30.5 Å². The molecule has 0 aliphatic carbocycles. The molecule has 0 aliphatic rings. The number of aryl methyl sites for hydroxylation is 1. The van der Waals surface area contributed by atoms with Crippen LogP contribution in [-0.2, 0) is 0 Å². The lowest BCUT2D eigenvalue weighted by Crippen LogP contribution is -2.37. The first-order valence-electron chi connectivity index (χ1n) is 7.61. The molecule has 5 nitrogen and oxygen atoms in total. The Labute approximate surface area is 135 Å². The molecule has 0 fully saturated rings. The number of aromatic amines is 1. The highest BCUT2D eigenvalue weighted by Gasteiger charge is 2.23. The van der Waals surface area contributed by atoms with Gasteiger partial charge in [0.25, 0.3) is 5.91 Å². The average molecular weight is 319 g/mol. The maximum Gasteiger partial charge on any atom is 0.257 e. The van der Waals surface area contributed by atoms with Gasteiger partial charge in [-0.25, -0.2) is 4.39 Å². The molecule has 124 valence electrons. The summed E-state index contributed by atoms with van der Waals surface area (Å²) >= 11 is 0. The van der Waals surface area contributed by atoms with Crippen LogP contribution in [0, 0.1) is 18.7 Å². The van der Waals surface area contributed by atoms with Crippen molar-refractivity contribution in [3.05, 3.63) is 53.1 Å². The first-order valence-corrected chi connectivity index (χ1v) is 7.61. The molecular weight excluding hydrogens is 297 g/mol. The number of benzene rings is 1. The van der Waals surface area contributed by atoms with Crippen LogP contribution in [0.2, 0.25) is 0 Å². The van der Waals surface area contributed by atoms with Crippen LogP contribution < -0.4 is 0 Å². The van der Waals surface area contributed by atoms with Gasteiger partial charge >= 0.3 is 0 Å². The van der Waals surface area contributed by atoms with Crippen LogP contribution in [0.5, 0.6) is 0 Å². The summed E-state index contributed by atoms with van der Waals surface area (Å²) in [4.78, 5) is 14.3. The Kier molecular flexibility index (Phi) is 5.50. The first kappa shape index (κ1) is 17.1. The van der Waals surface area contributed by atoms with Gasteiger partial charge in [0.1, 0.15) is 5.82 Å². The lowest BCUT2D eigenvalue weighted by molar-refractivity contribution is 0.0594. The van der Waals surface area contributed by atoms with E-state index < -0.39 is 6.10 Å². The summed E-state index contributed by atoms with van der Waals surface area (Å²) in [5.41, 5.74) is 1.77. The van der Waals surface area contributed by atoms with Gasteiger partial charge in [-0.1, -0.05) is 26.0 Å². The predicted molar refractivity (Wildman–Crippen MR) is 85.4 cm³/mol. The molecule has 2 aromatic rings. The topological polar surface area (TPSA) is 69.2 Å². The Bertz CT molecular complexity index is 652. The lowest BCUT2D eigenvalue weighted by atomic mass is 10.1. The van der Waals surface area contributed by atoms with Crippen molar-refractivity contribution in [3.63, 3.8) is 0 Å². The molecule has 1 aromatic carbocycles. The highest BCUT2D eigenvalue weighted by molar-refractivity contribution is 5.95. The van der Waals surface area contributed by atoms with Gasteiger partial charge in [0.2, 0.25) is 0 Å². The van der Waals surface area contributed by atoms with E-state index in [1.54, 1.807) is 11.8 Å². The van der Waals surface area contributed by atoms with Crippen molar-refractivity contribution < 1.29 is 14.3 Å². The molecule has 0 spiro atoms. The molecule has 1 heterocycles. The third kappa shape index (κ3) is 4.39. The molecule has 0 bridgehead atoms. The van der Waals surface area contributed by atoms with E-state index in [9.17, 15) is 14.3 Å². The van der Waals surface area contributed by atoms with Crippen LogP contribution in [0.15, 0.2) is 30.5 Å². The SMILES string of the molecule is Cc1[nH]ncc1C(=O)N(CC(C)C)C[C@@H](O)c1ccc(F)cc1. The zero-order valence-corrected chi connectivity index (χ0v) is 13.6. The van der Waals surface area contributed by atoms with Crippen molar-refractivity contribution in [2.45, 2.75) is 26.9 Å². The highest BCUT2D eigenvalue weighted by atomic mass is 19.1. The lowest BCUT2D eigenvalue weighted by Gasteiger charge is -2.27. The van der Waals surface area contributed by atoms with E-state index >= 15 is 0 Å². The van der Waals surface area contributed by atoms with Crippen molar-refractivity contribution in [1.82, 2.24) is 15.1 Å². The summed E-state index contributed by atoms with van der Waals surface area (Å²) in [6, 6.07) is 5.66. The Balaban J connectivity index is 2.16. The van der Waals surface area contributed by atoms with E-state index in [0.29, 0.717) is 23.4 Å². The number of halogens is 1. The van der Waals surface area contributed by atoms with Crippen LogP contribution in [0.25, 0.3) is 0 Å². The summed E-state index contributed by atoms with van der Waals surface area (Å²) in [7, 11) is 0. The van der Waals surface area contributed by atoms with Gasteiger partial charge in [0, 0.05) is 12.2 Å². The van der Waals surface area contributed by atoms with Crippen LogP contribution >= 0.6 is 0 Å². The number of nitrogens with one attached hydrogen (secondary N) is 1. The minimum atomic E-state index is -0.870. The van der Waals surface area contributed by atoms with Crippen LogP contribution in [0.4, 0.5) is 4.39 Å². The van der Waals surface area contributed by atoms with Crippen molar-refractivity contribution >= 4 is 5.91 Å². The van der Waals surface area contributed by atoms with Crippen molar-refractivity contribution in [2.24, 2.45) is 5.92 Å². The second-order valence-corrected chi connectivity index (χ2v) is 6.08. The first-order chi connectivity index (χ1) is 10.9. The number of hydrogen-bond donors (Lipinski definition) is 2.